The predicted octanol–water partition coefficient (Wildman–Crippen LogP) is 4.10. The quantitative estimate of drug-likeness (QED) is 0.471. The number of halogens is 1. The number of nitrogens with zero attached hydrogens (tertiary/aromatic N) is 3. The maximum Gasteiger partial charge on any atom is 0.282 e. The number of hydrogen-bond acceptors (Lipinski definition) is 5. The van der Waals surface area contributed by atoms with Gasteiger partial charge in [0.05, 0.1) is 31.3 Å². The molecule has 1 aromatic heterocycles. The Morgan fingerprint density at radius 2 is 1.70 bits per heavy atom. The van der Waals surface area contributed by atoms with Crippen LogP contribution in [0.15, 0.2) is 76.6 Å². The average Bonchev–Trinajstić information content (AvgIpc) is 2.78. The molecule has 0 aliphatic heterocycles. The van der Waals surface area contributed by atoms with Crippen molar-refractivity contribution >= 4 is 17.1 Å². The van der Waals surface area contributed by atoms with Crippen molar-refractivity contribution in [3.63, 3.8) is 0 Å². The van der Waals surface area contributed by atoms with Gasteiger partial charge in [-0.3, -0.25) is 4.79 Å². The third-order valence-electron chi connectivity index (χ3n) is 4.53. The Bertz CT molecular complexity index is 1290. The van der Waals surface area contributed by atoms with Gasteiger partial charge in [0.15, 0.2) is 5.82 Å². The van der Waals surface area contributed by atoms with Gasteiger partial charge in [-0.1, -0.05) is 24.3 Å². The Hall–Kier alpha value is -4.00. The fourth-order valence-corrected chi connectivity index (χ4v) is 3.07. The SMILES string of the molecule is COc1cc(OC)cc(-c2nc3ccccc3c(=O)n2N=Cc2cccc(F)c2)c1. The zero-order valence-corrected chi connectivity index (χ0v) is 16.4. The molecular formula is C23H18FN3O3. The molecule has 0 N–H and O–H groups in total. The number of methoxy groups -OCH3 is 2. The van der Waals surface area contributed by atoms with Crippen LogP contribution in [0.5, 0.6) is 11.5 Å². The molecule has 1 heterocycles. The average molecular weight is 403 g/mol. The molecule has 0 saturated heterocycles. The summed E-state index contributed by atoms with van der Waals surface area (Å²) in [5.74, 6) is 1.02. The topological polar surface area (TPSA) is 65.7 Å². The molecule has 0 atom stereocenters. The summed E-state index contributed by atoms with van der Waals surface area (Å²) < 4.78 is 25.4. The minimum Gasteiger partial charge on any atom is -0.497 e. The number of aromatic nitrogens is 2. The van der Waals surface area contributed by atoms with Crippen LogP contribution in [0.4, 0.5) is 4.39 Å². The van der Waals surface area contributed by atoms with Crippen LogP contribution in [0.3, 0.4) is 0 Å². The molecule has 0 spiro atoms. The summed E-state index contributed by atoms with van der Waals surface area (Å²) in [7, 11) is 3.09. The third kappa shape index (κ3) is 3.77. The van der Waals surface area contributed by atoms with Crippen molar-refractivity contribution in [1.82, 2.24) is 9.66 Å². The van der Waals surface area contributed by atoms with Crippen molar-refractivity contribution in [1.29, 1.82) is 0 Å². The molecule has 0 aliphatic rings. The lowest BCUT2D eigenvalue weighted by Gasteiger charge is -2.12. The monoisotopic (exact) mass is 403 g/mol. The summed E-state index contributed by atoms with van der Waals surface area (Å²) in [5.41, 5.74) is 1.30. The third-order valence-corrected chi connectivity index (χ3v) is 4.53. The molecule has 7 heteroatoms. The number of para-hydroxylation sites is 1. The van der Waals surface area contributed by atoms with Crippen LogP contribution >= 0.6 is 0 Å². The van der Waals surface area contributed by atoms with Crippen molar-refractivity contribution in [3.05, 3.63) is 88.5 Å². The highest BCUT2D eigenvalue weighted by Gasteiger charge is 2.14. The van der Waals surface area contributed by atoms with Crippen LogP contribution in [0.2, 0.25) is 0 Å². The predicted molar refractivity (Wildman–Crippen MR) is 114 cm³/mol. The van der Waals surface area contributed by atoms with Crippen molar-refractivity contribution in [2.24, 2.45) is 5.10 Å². The van der Waals surface area contributed by atoms with Gasteiger partial charge in [0.1, 0.15) is 17.3 Å². The smallest absolute Gasteiger partial charge is 0.282 e. The largest absolute Gasteiger partial charge is 0.497 e. The van der Waals surface area contributed by atoms with E-state index in [1.54, 1.807) is 62.8 Å². The van der Waals surface area contributed by atoms with Gasteiger partial charge in [0.25, 0.3) is 5.56 Å². The summed E-state index contributed by atoms with van der Waals surface area (Å²) in [6, 6.07) is 18.2. The van der Waals surface area contributed by atoms with Crippen molar-refractivity contribution < 1.29 is 13.9 Å². The first kappa shape index (κ1) is 19.3. The normalized spacial score (nSPS) is 11.2. The van der Waals surface area contributed by atoms with E-state index in [0.717, 1.165) is 0 Å². The van der Waals surface area contributed by atoms with Crippen LogP contribution in [0.25, 0.3) is 22.3 Å². The number of fused-ring (bicyclic) bond motifs is 1. The molecule has 0 amide bonds. The molecule has 150 valence electrons. The first-order valence-electron chi connectivity index (χ1n) is 9.14. The van der Waals surface area contributed by atoms with E-state index < -0.39 is 0 Å². The zero-order valence-electron chi connectivity index (χ0n) is 16.4. The fraction of sp³-hybridized carbons (Fsp3) is 0.0870. The molecule has 0 fully saturated rings. The highest BCUT2D eigenvalue weighted by molar-refractivity contribution is 5.82. The second-order valence-electron chi connectivity index (χ2n) is 6.47. The van der Waals surface area contributed by atoms with Gasteiger partial charge in [-0.05, 0) is 42.0 Å². The highest BCUT2D eigenvalue weighted by atomic mass is 19.1. The summed E-state index contributed by atoms with van der Waals surface area (Å²) in [5, 5.41) is 4.75. The van der Waals surface area contributed by atoms with E-state index in [4.69, 9.17) is 9.47 Å². The lowest BCUT2D eigenvalue weighted by atomic mass is 10.1. The number of benzene rings is 3. The lowest BCUT2D eigenvalue weighted by Crippen LogP contribution is -2.20. The maximum absolute atomic E-state index is 13.5. The minimum absolute atomic E-state index is 0.309. The Labute approximate surface area is 171 Å². The van der Waals surface area contributed by atoms with Crippen LogP contribution in [0.1, 0.15) is 5.56 Å². The molecule has 0 unspecified atom stereocenters. The summed E-state index contributed by atoms with van der Waals surface area (Å²) >= 11 is 0. The Kier molecular flexibility index (Phi) is 5.26. The molecule has 3 aromatic carbocycles. The van der Waals surface area contributed by atoms with E-state index in [-0.39, 0.29) is 11.4 Å². The van der Waals surface area contributed by atoms with Crippen LogP contribution in [-0.4, -0.2) is 30.1 Å². The van der Waals surface area contributed by atoms with Gasteiger partial charge in [-0.2, -0.15) is 9.78 Å². The Morgan fingerprint density at radius 3 is 2.40 bits per heavy atom. The van der Waals surface area contributed by atoms with E-state index in [9.17, 15) is 9.18 Å². The number of hydrogen-bond donors (Lipinski definition) is 0. The molecule has 4 rings (SSSR count). The number of ether oxygens (including phenoxy) is 2. The summed E-state index contributed by atoms with van der Waals surface area (Å²) in [6.45, 7) is 0. The van der Waals surface area contributed by atoms with Crippen LogP contribution in [0, 0.1) is 5.82 Å². The molecule has 6 nitrogen and oxygen atoms in total. The molecule has 0 radical (unpaired) electrons. The second kappa shape index (κ2) is 8.16. The summed E-state index contributed by atoms with van der Waals surface area (Å²) in [4.78, 5) is 17.8. The molecule has 0 aliphatic carbocycles. The molecule has 0 bridgehead atoms. The maximum atomic E-state index is 13.5. The zero-order chi connectivity index (χ0) is 21.1. The minimum atomic E-state index is -0.388. The van der Waals surface area contributed by atoms with Crippen molar-refractivity contribution in [2.45, 2.75) is 0 Å². The van der Waals surface area contributed by atoms with Crippen molar-refractivity contribution in [3.8, 4) is 22.9 Å². The van der Waals surface area contributed by atoms with Crippen LogP contribution in [-0.2, 0) is 0 Å². The van der Waals surface area contributed by atoms with E-state index in [1.807, 2.05) is 6.07 Å². The molecule has 4 aromatic rings. The summed E-state index contributed by atoms with van der Waals surface area (Å²) in [6.07, 6.45) is 1.42. The first-order chi connectivity index (χ1) is 14.6. The Morgan fingerprint density at radius 1 is 0.967 bits per heavy atom. The number of rotatable bonds is 5. The lowest BCUT2D eigenvalue weighted by molar-refractivity contribution is 0.394. The van der Waals surface area contributed by atoms with Gasteiger partial charge in [-0.25, -0.2) is 9.37 Å². The molecule has 0 saturated carbocycles. The van der Waals surface area contributed by atoms with Crippen molar-refractivity contribution in [2.75, 3.05) is 14.2 Å². The highest BCUT2D eigenvalue weighted by Crippen LogP contribution is 2.29. The van der Waals surface area contributed by atoms with E-state index in [0.29, 0.717) is 39.4 Å². The Balaban J connectivity index is 1.96. The van der Waals surface area contributed by atoms with E-state index in [1.165, 1.54) is 23.0 Å². The van der Waals surface area contributed by atoms with Gasteiger partial charge >= 0.3 is 0 Å². The molecular weight excluding hydrogens is 385 g/mol. The molecule has 30 heavy (non-hydrogen) atoms. The van der Waals surface area contributed by atoms with Gasteiger partial charge < -0.3 is 9.47 Å². The van der Waals surface area contributed by atoms with E-state index >= 15 is 0 Å². The van der Waals surface area contributed by atoms with Crippen LogP contribution < -0.4 is 15.0 Å². The van der Waals surface area contributed by atoms with Gasteiger partial charge in [0.2, 0.25) is 0 Å². The standard InChI is InChI=1S/C23H18FN3O3/c1-29-18-11-16(12-19(13-18)30-2)22-26-21-9-4-3-8-20(21)23(28)27(22)25-14-15-6-5-7-17(24)10-15/h3-14H,1-2H3. The van der Waals surface area contributed by atoms with Gasteiger partial charge in [0, 0.05) is 11.6 Å². The van der Waals surface area contributed by atoms with Gasteiger partial charge in [-0.15, -0.1) is 0 Å². The second-order valence-corrected chi connectivity index (χ2v) is 6.47. The first-order valence-corrected chi connectivity index (χ1v) is 9.14. The fourth-order valence-electron chi connectivity index (χ4n) is 3.07. The van der Waals surface area contributed by atoms with E-state index in [2.05, 4.69) is 10.1 Å².